The molecule has 6 nitrogen and oxygen atoms in total. The molecule has 2 aromatic heterocycles. The van der Waals surface area contributed by atoms with Gasteiger partial charge in [0.15, 0.2) is 0 Å². The van der Waals surface area contributed by atoms with E-state index in [2.05, 4.69) is 21.1 Å². The highest BCUT2D eigenvalue weighted by Crippen LogP contribution is 2.38. The van der Waals surface area contributed by atoms with Gasteiger partial charge in [-0.05, 0) is 43.4 Å². The van der Waals surface area contributed by atoms with Gasteiger partial charge < -0.3 is 5.11 Å². The van der Waals surface area contributed by atoms with E-state index in [1.54, 1.807) is 18.5 Å². The van der Waals surface area contributed by atoms with E-state index in [0.29, 0.717) is 25.0 Å². The molecule has 1 N–H and O–H groups in total. The van der Waals surface area contributed by atoms with E-state index in [9.17, 15) is 10.4 Å². The Labute approximate surface area is 133 Å². The van der Waals surface area contributed by atoms with E-state index in [4.69, 9.17) is 11.6 Å². The van der Waals surface area contributed by atoms with E-state index < -0.39 is 0 Å². The molecule has 7 heteroatoms. The highest BCUT2D eigenvalue weighted by molar-refractivity contribution is 6.28. The van der Waals surface area contributed by atoms with Gasteiger partial charge in [0.2, 0.25) is 5.28 Å². The molecule has 0 radical (unpaired) electrons. The Morgan fingerprint density at radius 1 is 1.45 bits per heavy atom. The molecule has 114 valence electrons. The third-order valence-corrected chi connectivity index (χ3v) is 4.47. The lowest BCUT2D eigenvalue weighted by atomic mass is 9.78. The average molecular weight is 318 g/mol. The second-order valence-electron chi connectivity index (χ2n) is 5.67. The maximum atomic E-state index is 9.73. The van der Waals surface area contributed by atoms with Crippen molar-refractivity contribution in [2.75, 3.05) is 0 Å². The number of rotatable bonds is 3. The number of aromatic nitrogens is 4. The summed E-state index contributed by atoms with van der Waals surface area (Å²) in [5, 5.41) is 23.5. The zero-order valence-corrected chi connectivity index (χ0v) is 12.7. The molecular formula is C15H16ClN5O. The van der Waals surface area contributed by atoms with Crippen LogP contribution in [0.5, 0.6) is 0 Å². The second kappa shape index (κ2) is 6.03. The quantitative estimate of drug-likeness (QED) is 0.879. The first-order valence-electron chi connectivity index (χ1n) is 7.22. The monoisotopic (exact) mass is 317 g/mol. The van der Waals surface area contributed by atoms with Crippen molar-refractivity contribution in [2.24, 2.45) is 0 Å². The molecule has 1 aliphatic carbocycles. The largest absolute Gasteiger partial charge is 0.393 e. The van der Waals surface area contributed by atoms with Crippen LogP contribution in [-0.2, 0) is 5.54 Å². The first-order valence-corrected chi connectivity index (χ1v) is 7.60. The smallest absolute Gasteiger partial charge is 0.222 e. The second-order valence-corrected chi connectivity index (χ2v) is 6.01. The van der Waals surface area contributed by atoms with E-state index in [1.807, 2.05) is 10.9 Å². The van der Waals surface area contributed by atoms with E-state index in [0.717, 1.165) is 18.4 Å². The van der Waals surface area contributed by atoms with Gasteiger partial charge in [-0.15, -0.1) is 0 Å². The Kier molecular flexibility index (Phi) is 4.10. The molecule has 2 heterocycles. The highest BCUT2D eigenvalue weighted by atomic mass is 35.5. The van der Waals surface area contributed by atoms with Crippen molar-refractivity contribution in [1.82, 2.24) is 19.7 Å². The third kappa shape index (κ3) is 2.82. The summed E-state index contributed by atoms with van der Waals surface area (Å²) in [6.07, 6.45) is 8.20. The summed E-state index contributed by atoms with van der Waals surface area (Å²) >= 11 is 5.82. The number of aliphatic hydroxyl groups excluding tert-OH is 1. The van der Waals surface area contributed by atoms with Crippen LogP contribution in [-0.4, -0.2) is 31.0 Å². The van der Waals surface area contributed by atoms with Crippen molar-refractivity contribution in [3.05, 3.63) is 29.9 Å². The predicted octanol–water partition coefficient (Wildman–Crippen LogP) is 2.54. The van der Waals surface area contributed by atoms with Crippen molar-refractivity contribution in [2.45, 2.75) is 43.7 Å². The molecule has 0 bridgehead atoms. The number of nitrogens with zero attached hydrogens (tertiary/aromatic N) is 5. The van der Waals surface area contributed by atoms with Crippen LogP contribution in [0.3, 0.4) is 0 Å². The molecule has 1 fully saturated rings. The Morgan fingerprint density at radius 3 is 2.91 bits per heavy atom. The van der Waals surface area contributed by atoms with E-state index >= 15 is 0 Å². The van der Waals surface area contributed by atoms with Crippen LogP contribution >= 0.6 is 11.6 Å². The van der Waals surface area contributed by atoms with Crippen molar-refractivity contribution in [3.8, 4) is 17.3 Å². The molecule has 1 aliphatic rings. The van der Waals surface area contributed by atoms with E-state index in [-0.39, 0.29) is 16.9 Å². The Hall–Kier alpha value is -1.97. The lowest BCUT2D eigenvalue weighted by Gasteiger charge is -2.37. The first kappa shape index (κ1) is 14.9. The van der Waals surface area contributed by atoms with Crippen LogP contribution < -0.4 is 0 Å². The van der Waals surface area contributed by atoms with Crippen LogP contribution in [0.4, 0.5) is 0 Å². The zero-order chi connectivity index (χ0) is 15.6. The summed E-state index contributed by atoms with van der Waals surface area (Å²) < 4.78 is 1.85. The lowest BCUT2D eigenvalue weighted by molar-refractivity contribution is 0.0631. The molecule has 0 aromatic carbocycles. The number of aliphatic hydroxyl groups is 1. The number of nitriles is 1. The number of hydrogen-bond donors (Lipinski definition) is 1. The zero-order valence-electron chi connectivity index (χ0n) is 12.0. The minimum absolute atomic E-state index is 0.192. The number of hydrogen-bond acceptors (Lipinski definition) is 5. The van der Waals surface area contributed by atoms with Gasteiger partial charge >= 0.3 is 0 Å². The topological polar surface area (TPSA) is 87.6 Å². The minimum Gasteiger partial charge on any atom is -0.393 e. The fourth-order valence-corrected chi connectivity index (χ4v) is 3.13. The molecule has 0 unspecified atom stereocenters. The molecule has 0 atom stereocenters. The SMILES string of the molecule is N#CCC1(n2cc(-c3ccnc(Cl)n3)cn2)CCC(O)CC1. The van der Waals surface area contributed by atoms with Crippen LogP contribution in [0.15, 0.2) is 24.7 Å². The van der Waals surface area contributed by atoms with Gasteiger partial charge in [-0.3, -0.25) is 4.68 Å². The standard InChI is InChI=1S/C15H16ClN5O/c16-14-18-8-3-13(20-14)11-9-19-21(10-11)15(6-7-17)4-1-12(22)2-5-15/h3,8-10,12,22H,1-2,4-6H2. The van der Waals surface area contributed by atoms with Gasteiger partial charge in [0.1, 0.15) is 0 Å². The van der Waals surface area contributed by atoms with Crippen molar-refractivity contribution in [3.63, 3.8) is 0 Å². The Balaban J connectivity index is 1.92. The van der Waals surface area contributed by atoms with Crippen LogP contribution in [0.2, 0.25) is 5.28 Å². The molecule has 1 saturated carbocycles. The molecule has 0 aliphatic heterocycles. The molecule has 3 rings (SSSR count). The predicted molar refractivity (Wildman–Crippen MR) is 80.9 cm³/mol. The maximum Gasteiger partial charge on any atom is 0.222 e. The van der Waals surface area contributed by atoms with Gasteiger partial charge in [-0.25, -0.2) is 9.97 Å². The molecular weight excluding hydrogens is 302 g/mol. The van der Waals surface area contributed by atoms with Gasteiger partial charge in [0, 0.05) is 18.0 Å². The maximum absolute atomic E-state index is 9.73. The molecule has 0 saturated heterocycles. The van der Waals surface area contributed by atoms with Gasteiger partial charge in [0.25, 0.3) is 0 Å². The third-order valence-electron chi connectivity index (χ3n) is 4.28. The summed E-state index contributed by atoms with van der Waals surface area (Å²) in [5.41, 5.74) is 1.20. The van der Waals surface area contributed by atoms with Crippen molar-refractivity contribution >= 4 is 11.6 Å². The van der Waals surface area contributed by atoms with Crippen LogP contribution in [0.1, 0.15) is 32.1 Å². The molecule has 2 aromatic rings. The van der Waals surface area contributed by atoms with E-state index in [1.165, 1.54) is 0 Å². The summed E-state index contributed by atoms with van der Waals surface area (Å²) in [5.74, 6) is 0. The minimum atomic E-state index is -0.344. The lowest BCUT2D eigenvalue weighted by Crippen LogP contribution is -2.39. The molecule has 0 amide bonds. The molecule has 22 heavy (non-hydrogen) atoms. The van der Waals surface area contributed by atoms with Crippen LogP contribution in [0, 0.1) is 11.3 Å². The summed E-state index contributed by atoms with van der Waals surface area (Å²) in [6, 6.07) is 4.03. The summed E-state index contributed by atoms with van der Waals surface area (Å²) in [7, 11) is 0. The Morgan fingerprint density at radius 2 is 2.23 bits per heavy atom. The van der Waals surface area contributed by atoms with Crippen LogP contribution in [0.25, 0.3) is 11.3 Å². The average Bonchev–Trinajstić information content (AvgIpc) is 3.01. The van der Waals surface area contributed by atoms with Gasteiger partial charge in [0.05, 0.1) is 36.0 Å². The molecule has 0 spiro atoms. The summed E-state index contributed by atoms with van der Waals surface area (Å²) in [6.45, 7) is 0. The fourth-order valence-electron chi connectivity index (χ4n) is 2.98. The van der Waals surface area contributed by atoms with Gasteiger partial charge in [-0.1, -0.05) is 0 Å². The fraction of sp³-hybridized carbons (Fsp3) is 0.467. The normalized spacial score (nSPS) is 24.9. The van der Waals surface area contributed by atoms with Crippen molar-refractivity contribution in [1.29, 1.82) is 5.26 Å². The number of halogens is 1. The highest BCUT2D eigenvalue weighted by Gasteiger charge is 2.37. The first-order chi connectivity index (χ1) is 10.6. The summed E-state index contributed by atoms with van der Waals surface area (Å²) in [4.78, 5) is 8.05. The Bertz CT molecular complexity index is 700. The van der Waals surface area contributed by atoms with Crippen molar-refractivity contribution < 1.29 is 5.11 Å². The van der Waals surface area contributed by atoms with Gasteiger partial charge in [-0.2, -0.15) is 10.4 Å².